The number of aliphatic hydroxyl groups is 1. The number of rotatable bonds is 5. The molecular weight excluding hydrogens is 298 g/mol. The lowest BCUT2D eigenvalue weighted by Gasteiger charge is -2.41. The van der Waals surface area contributed by atoms with Gasteiger partial charge in [0.15, 0.2) is 0 Å². The minimum Gasteiger partial charge on any atom is -0.390 e. The van der Waals surface area contributed by atoms with E-state index < -0.39 is 5.60 Å². The average Bonchev–Trinajstić information content (AvgIpc) is 2.53. The minimum atomic E-state index is -0.658. The van der Waals surface area contributed by atoms with E-state index in [1.165, 1.54) is 5.56 Å². The lowest BCUT2D eigenvalue weighted by molar-refractivity contribution is 0.0460. The van der Waals surface area contributed by atoms with Gasteiger partial charge in [0.25, 0.3) is 5.91 Å². The van der Waals surface area contributed by atoms with Crippen molar-refractivity contribution in [3.63, 3.8) is 0 Å². The fraction of sp³-hybridized carbons (Fsp3) is 0.381. The Kier molecular flexibility index (Phi) is 4.72. The molecule has 24 heavy (non-hydrogen) atoms. The van der Waals surface area contributed by atoms with Crippen LogP contribution in [0.5, 0.6) is 0 Å². The summed E-state index contributed by atoms with van der Waals surface area (Å²) in [6.07, 6.45) is 2.55. The molecule has 0 saturated carbocycles. The SMILES string of the molecule is CC(C)(O)CCc1ccc(C(=O)N2CCC2c2ccccc2)cc1. The van der Waals surface area contributed by atoms with E-state index in [0.717, 1.165) is 30.5 Å². The Labute approximate surface area is 143 Å². The zero-order valence-corrected chi connectivity index (χ0v) is 14.4. The number of likely N-dealkylation sites (tertiary alicyclic amines) is 1. The molecule has 1 heterocycles. The van der Waals surface area contributed by atoms with Gasteiger partial charge in [-0.25, -0.2) is 0 Å². The molecule has 1 fully saturated rings. The second-order valence-corrected chi connectivity index (χ2v) is 7.22. The van der Waals surface area contributed by atoms with Crippen LogP contribution in [0.15, 0.2) is 54.6 Å². The Morgan fingerprint density at radius 2 is 1.79 bits per heavy atom. The van der Waals surface area contributed by atoms with E-state index in [2.05, 4.69) is 12.1 Å². The highest BCUT2D eigenvalue weighted by Crippen LogP contribution is 2.34. The predicted octanol–water partition coefficient (Wildman–Crippen LogP) is 3.98. The van der Waals surface area contributed by atoms with Crippen molar-refractivity contribution >= 4 is 5.91 Å². The third kappa shape index (κ3) is 3.85. The number of hydrogen-bond donors (Lipinski definition) is 1. The number of aryl methyl sites for hydroxylation is 1. The van der Waals surface area contributed by atoms with Crippen molar-refractivity contribution in [3.8, 4) is 0 Å². The van der Waals surface area contributed by atoms with Crippen molar-refractivity contribution in [3.05, 3.63) is 71.3 Å². The van der Waals surface area contributed by atoms with Crippen molar-refractivity contribution in [1.29, 1.82) is 0 Å². The minimum absolute atomic E-state index is 0.101. The molecule has 2 aromatic carbocycles. The summed E-state index contributed by atoms with van der Waals surface area (Å²) in [7, 11) is 0. The van der Waals surface area contributed by atoms with Gasteiger partial charge in [-0.05, 0) is 56.4 Å². The summed E-state index contributed by atoms with van der Waals surface area (Å²) >= 11 is 0. The largest absolute Gasteiger partial charge is 0.390 e. The van der Waals surface area contributed by atoms with Crippen LogP contribution in [-0.2, 0) is 6.42 Å². The van der Waals surface area contributed by atoms with Crippen LogP contribution in [0, 0.1) is 0 Å². The summed E-state index contributed by atoms with van der Waals surface area (Å²) in [6, 6.07) is 18.2. The quantitative estimate of drug-likeness (QED) is 0.904. The van der Waals surface area contributed by atoms with Crippen LogP contribution in [0.3, 0.4) is 0 Å². The fourth-order valence-electron chi connectivity index (χ4n) is 3.08. The third-order valence-corrected chi connectivity index (χ3v) is 4.69. The van der Waals surface area contributed by atoms with Crippen LogP contribution >= 0.6 is 0 Å². The summed E-state index contributed by atoms with van der Waals surface area (Å²) in [5, 5.41) is 9.81. The summed E-state index contributed by atoms with van der Waals surface area (Å²) in [4.78, 5) is 14.7. The number of carbonyl (C=O) groups is 1. The molecule has 126 valence electrons. The van der Waals surface area contributed by atoms with Crippen LogP contribution in [0.1, 0.15) is 54.2 Å². The maximum absolute atomic E-state index is 12.7. The first kappa shape index (κ1) is 16.7. The number of nitrogens with zero attached hydrogens (tertiary/aromatic N) is 1. The van der Waals surface area contributed by atoms with Gasteiger partial charge in [0.05, 0.1) is 11.6 Å². The highest BCUT2D eigenvalue weighted by Gasteiger charge is 2.33. The molecule has 0 aliphatic carbocycles. The highest BCUT2D eigenvalue weighted by molar-refractivity contribution is 5.95. The smallest absolute Gasteiger partial charge is 0.254 e. The van der Waals surface area contributed by atoms with Crippen molar-refractivity contribution in [1.82, 2.24) is 4.90 Å². The van der Waals surface area contributed by atoms with Gasteiger partial charge in [0.2, 0.25) is 0 Å². The molecule has 0 spiro atoms. The molecule has 1 N–H and O–H groups in total. The summed E-state index contributed by atoms with van der Waals surface area (Å²) in [5.74, 6) is 0.101. The summed E-state index contributed by atoms with van der Waals surface area (Å²) < 4.78 is 0. The monoisotopic (exact) mass is 323 g/mol. The van der Waals surface area contributed by atoms with Crippen LogP contribution < -0.4 is 0 Å². The van der Waals surface area contributed by atoms with E-state index in [9.17, 15) is 9.90 Å². The van der Waals surface area contributed by atoms with Gasteiger partial charge >= 0.3 is 0 Å². The number of hydrogen-bond acceptors (Lipinski definition) is 2. The Morgan fingerprint density at radius 1 is 1.12 bits per heavy atom. The van der Waals surface area contributed by atoms with E-state index in [0.29, 0.717) is 6.42 Å². The second-order valence-electron chi connectivity index (χ2n) is 7.22. The molecule has 0 aromatic heterocycles. The molecule has 2 aromatic rings. The molecule has 1 aliphatic rings. The first-order chi connectivity index (χ1) is 11.4. The van der Waals surface area contributed by atoms with Gasteiger partial charge in [0, 0.05) is 12.1 Å². The van der Waals surface area contributed by atoms with E-state index in [1.54, 1.807) is 0 Å². The highest BCUT2D eigenvalue weighted by atomic mass is 16.3. The molecule has 1 atom stereocenters. The first-order valence-corrected chi connectivity index (χ1v) is 8.61. The molecule has 3 nitrogen and oxygen atoms in total. The number of carbonyl (C=O) groups excluding carboxylic acids is 1. The maximum Gasteiger partial charge on any atom is 0.254 e. The van der Waals surface area contributed by atoms with Crippen molar-refractivity contribution in [2.75, 3.05) is 6.54 Å². The van der Waals surface area contributed by atoms with Gasteiger partial charge in [-0.15, -0.1) is 0 Å². The number of benzene rings is 2. The average molecular weight is 323 g/mol. The van der Waals surface area contributed by atoms with Crippen LogP contribution in [0.2, 0.25) is 0 Å². The molecule has 1 amide bonds. The Bertz CT molecular complexity index is 686. The third-order valence-electron chi connectivity index (χ3n) is 4.69. The van der Waals surface area contributed by atoms with Crippen molar-refractivity contribution in [2.24, 2.45) is 0 Å². The number of amides is 1. The molecular formula is C21H25NO2. The topological polar surface area (TPSA) is 40.5 Å². The van der Waals surface area contributed by atoms with Gasteiger partial charge < -0.3 is 10.0 Å². The van der Waals surface area contributed by atoms with Crippen LogP contribution in [0.4, 0.5) is 0 Å². The standard InChI is InChI=1S/C21H25NO2/c1-21(2,24)14-12-16-8-10-18(11-9-16)20(23)22-15-13-19(22)17-6-4-3-5-7-17/h3-11,19,24H,12-15H2,1-2H3. The Hall–Kier alpha value is -2.13. The zero-order valence-electron chi connectivity index (χ0n) is 14.4. The molecule has 3 heteroatoms. The first-order valence-electron chi connectivity index (χ1n) is 8.61. The van der Waals surface area contributed by atoms with Crippen molar-refractivity contribution in [2.45, 2.75) is 44.8 Å². The summed E-state index contributed by atoms with van der Waals surface area (Å²) in [6.45, 7) is 4.45. The zero-order chi connectivity index (χ0) is 17.2. The van der Waals surface area contributed by atoms with E-state index in [4.69, 9.17) is 0 Å². The van der Waals surface area contributed by atoms with Gasteiger partial charge in [-0.1, -0.05) is 42.5 Å². The van der Waals surface area contributed by atoms with E-state index in [-0.39, 0.29) is 11.9 Å². The lowest BCUT2D eigenvalue weighted by Crippen LogP contribution is -2.45. The van der Waals surface area contributed by atoms with Crippen LogP contribution in [-0.4, -0.2) is 28.1 Å². The Morgan fingerprint density at radius 3 is 2.33 bits per heavy atom. The normalized spacial score (nSPS) is 17.5. The molecule has 1 unspecified atom stereocenters. The van der Waals surface area contributed by atoms with Gasteiger partial charge in [-0.2, -0.15) is 0 Å². The molecule has 1 aliphatic heterocycles. The Balaban J connectivity index is 1.65. The maximum atomic E-state index is 12.7. The van der Waals surface area contributed by atoms with E-state index in [1.807, 2.05) is 61.2 Å². The van der Waals surface area contributed by atoms with Gasteiger partial charge in [0.1, 0.15) is 0 Å². The molecule has 3 rings (SSSR count). The van der Waals surface area contributed by atoms with Crippen molar-refractivity contribution < 1.29 is 9.90 Å². The summed E-state index contributed by atoms with van der Waals surface area (Å²) in [5.41, 5.74) is 2.44. The fourth-order valence-corrected chi connectivity index (χ4v) is 3.08. The van der Waals surface area contributed by atoms with Crippen LogP contribution in [0.25, 0.3) is 0 Å². The van der Waals surface area contributed by atoms with E-state index >= 15 is 0 Å². The second kappa shape index (κ2) is 6.78. The lowest BCUT2D eigenvalue weighted by atomic mass is 9.93. The van der Waals surface area contributed by atoms with Gasteiger partial charge in [-0.3, -0.25) is 4.79 Å². The molecule has 1 saturated heterocycles. The predicted molar refractivity (Wildman–Crippen MR) is 95.9 cm³/mol. The molecule has 0 bridgehead atoms. The molecule has 0 radical (unpaired) electrons.